The van der Waals surface area contributed by atoms with Gasteiger partial charge in [-0.15, -0.1) is 5.11 Å². The molecule has 0 amide bonds. The van der Waals surface area contributed by atoms with Crippen molar-refractivity contribution in [2.24, 2.45) is 10.2 Å². The first-order valence-electron chi connectivity index (χ1n) is 6.93. The number of fused-ring (bicyclic) bond motifs is 1. The minimum absolute atomic E-state index is 0.210. The molecule has 0 aliphatic heterocycles. The predicted octanol–water partition coefficient (Wildman–Crippen LogP) is 5.08. The first kappa shape index (κ1) is 15.3. The van der Waals surface area contributed by atoms with Gasteiger partial charge < -0.3 is 4.18 Å². The third kappa shape index (κ3) is 3.44. The van der Waals surface area contributed by atoms with Crippen LogP contribution < -0.4 is 4.18 Å². The van der Waals surface area contributed by atoms with Gasteiger partial charge in [0.2, 0.25) is 0 Å². The smallest absolute Gasteiger partial charge is 0.357 e. The topological polar surface area (TPSA) is 71.2 Å². The molecule has 1 N–H and O–H groups in total. The summed E-state index contributed by atoms with van der Waals surface area (Å²) in [5.74, 6) is 0.210. The molecule has 0 heterocycles. The third-order valence-corrected chi connectivity index (χ3v) is 3.72. The van der Waals surface area contributed by atoms with Gasteiger partial charge in [-0.2, -0.15) is 9.32 Å². The lowest BCUT2D eigenvalue weighted by Gasteiger charge is -2.07. The lowest BCUT2D eigenvalue weighted by atomic mass is 10.1. The Kier molecular flexibility index (Phi) is 4.45. The SMILES string of the molecule is Cc1ccccc1N=Nc1c(OS(=O)O)ccc2ccccc12. The van der Waals surface area contributed by atoms with E-state index in [1.165, 1.54) is 0 Å². The molecule has 116 valence electrons. The van der Waals surface area contributed by atoms with E-state index in [0.717, 1.165) is 22.0 Å². The average Bonchev–Trinajstić information content (AvgIpc) is 2.54. The van der Waals surface area contributed by atoms with E-state index in [9.17, 15) is 4.21 Å². The van der Waals surface area contributed by atoms with Crippen molar-refractivity contribution >= 4 is 33.5 Å². The number of azo groups is 1. The molecule has 0 bridgehead atoms. The first-order chi connectivity index (χ1) is 11.1. The summed E-state index contributed by atoms with van der Waals surface area (Å²) in [5, 5.41) is 10.3. The van der Waals surface area contributed by atoms with Gasteiger partial charge in [0.1, 0.15) is 5.69 Å². The lowest BCUT2D eigenvalue weighted by Crippen LogP contribution is -1.97. The van der Waals surface area contributed by atoms with Gasteiger partial charge in [-0.3, -0.25) is 4.55 Å². The normalized spacial score (nSPS) is 12.6. The van der Waals surface area contributed by atoms with E-state index in [2.05, 4.69) is 10.2 Å². The Morgan fingerprint density at radius 2 is 1.70 bits per heavy atom. The van der Waals surface area contributed by atoms with E-state index in [4.69, 9.17) is 8.74 Å². The molecule has 0 aromatic heterocycles. The van der Waals surface area contributed by atoms with Gasteiger partial charge in [0.05, 0.1) is 5.69 Å². The Hall–Kier alpha value is -2.57. The van der Waals surface area contributed by atoms with Gasteiger partial charge in [-0.05, 0) is 30.0 Å². The maximum Gasteiger partial charge on any atom is 0.357 e. The number of nitrogens with zero attached hydrogens (tertiary/aromatic N) is 2. The second-order valence-corrected chi connectivity index (χ2v) is 5.52. The Bertz CT molecular complexity index is 909. The fourth-order valence-electron chi connectivity index (χ4n) is 2.26. The fraction of sp³-hybridized carbons (Fsp3) is 0.0588. The number of hydrogen-bond acceptors (Lipinski definition) is 4. The molecule has 6 heteroatoms. The van der Waals surface area contributed by atoms with E-state index in [1.807, 2.05) is 61.5 Å². The monoisotopic (exact) mass is 326 g/mol. The predicted molar refractivity (Wildman–Crippen MR) is 90.7 cm³/mol. The maximum atomic E-state index is 11.0. The van der Waals surface area contributed by atoms with E-state index < -0.39 is 11.4 Å². The molecule has 0 fully saturated rings. The van der Waals surface area contributed by atoms with Gasteiger partial charge in [0.15, 0.2) is 5.75 Å². The quantitative estimate of drug-likeness (QED) is 0.537. The summed E-state index contributed by atoms with van der Waals surface area (Å²) in [5.41, 5.74) is 2.15. The van der Waals surface area contributed by atoms with Crippen LogP contribution in [-0.2, 0) is 11.4 Å². The molecule has 1 atom stereocenters. The van der Waals surface area contributed by atoms with Crippen LogP contribution in [0.5, 0.6) is 5.75 Å². The fourth-order valence-corrected chi connectivity index (χ4v) is 2.55. The molecule has 3 aromatic rings. The summed E-state index contributed by atoms with van der Waals surface area (Å²) in [6.07, 6.45) is 0. The lowest BCUT2D eigenvalue weighted by molar-refractivity contribution is 0.458. The van der Waals surface area contributed by atoms with Gasteiger partial charge in [0.25, 0.3) is 0 Å². The zero-order valence-corrected chi connectivity index (χ0v) is 13.2. The summed E-state index contributed by atoms with van der Waals surface area (Å²) < 4.78 is 25.0. The zero-order chi connectivity index (χ0) is 16.2. The number of rotatable bonds is 4. The van der Waals surface area contributed by atoms with Crippen molar-refractivity contribution in [2.45, 2.75) is 6.92 Å². The highest BCUT2D eigenvalue weighted by Gasteiger charge is 2.11. The molecule has 0 aliphatic rings. The molecule has 0 radical (unpaired) electrons. The van der Waals surface area contributed by atoms with Crippen LogP contribution >= 0.6 is 0 Å². The average molecular weight is 326 g/mol. The van der Waals surface area contributed by atoms with Gasteiger partial charge in [0, 0.05) is 5.39 Å². The summed E-state index contributed by atoms with van der Waals surface area (Å²) >= 11 is -2.42. The van der Waals surface area contributed by atoms with E-state index >= 15 is 0 Å². The van der Waals surface area contributed by atoms with Gasteiger partial charge in [-0.25, -0.2) is 0 Å². The van der Waals surface area contributed by atoms with E-state index in [-0.39, 0.29) is 5.75 Å². The van der Waals surface area contributed by atoms with Gasteiger partial charge in [-0.1, -0.05) is 48.5 Å². The largest absolute Gasteiger partial charge is 0.378 e. The summed E-state index contributed by atoms with van der Waals surface area (Å²) in [6, 6.07) is 18.6. The molecule has 0 aliphatic carbocycles. The van der Waals surface area contributed by atoms with Crippen molar-refractivity contribution in [3.05, 3.63) is 66.2 Å². The Morgan fingerprint density at radius 1 is 0.957 bits per heavy atom. The van der Waals surface area contributed by atoms with Crippen LogP contribution in [0.4, 0.5) is 11.4 Å². The Labute approximate surface area is 136 Å². The van der Waals surface area contributed by atoms with Crippen LogP contribution in [0.2, 0.25) is 0 Å². The van der Waals surface area contributed by atoms with Crippen molar-refractivity contribution < 1.29 is 12.9 Å². The number of hydrogen-bond donors (Lipinski definition) is 1. The second-order valence-electron chi connectivity index (χ2n) is 4.92. The number of benzene rings is 3. The highest BCUT2D eigenvalue weighted by atomic mass is 32.2. The summed E-state index contributed by atoms with van der Waals surface area (Å²) in [7, 11) is 0. The van der Waals surface area contributed by atoms with Crippen molar-refractivity contribution in [3.8, 4) is 5.75 Å². The third-order valence-electron chi connectivity index (χ3n) is 3.40. The Balaban J connectivity index is 2.13. The van der Waals surface area contributed by atoms with Crippen molar-refractivity contribution in [2.75, 3.05) is 0 Å². The van der Waals surface area contributed by atoms with Crippen molar-refractivity contribution in [1.29, 1.82) is 0 Å². The van der Waals surface area contributed by atoms with Crippen molar-refractivity contribution in [3.63, 3.8) is 0 Å². The number of aryl methyl sites for hydroxylation is 1. The second kappa shape index (κ2) is 6.68. The molecule has 5 nitrogen and oxygen atoms in total. The first-order valence-corrected chi connectivity index (χ1v) is 7.96. The molecule has 3 rings (SSSR count). The molecule has 3 aromatic carbocycles. The summed E-state index contributed by atoms with van der Waals surface area (Å²) in [4.78, 5) is 0. The molecule has 0 spiro atoms. The maximum absolute atomic E-state index is 11.0. The summed E-state index contributed by atoms with van der Waals surface area (Å²) in [6.45, 7) is 1.94. The Morgan fingerprint density at radius 3 is 2.48 bits per heavy atom. The molecule has 1 unspecified atom stereocenters. The molecular weight excluding hydrogens is 312 g/mol. The van der Waals surface area contributed by atoms with Crippen LogP contribution in [0, 0.1) is 6.92 Å². The highest BCUT2D eigenvalue weighted by Crippen LogP contribution is 2.37. The van der Waals surface area contributed by atoms with Crippen LogP contribution in [-0.4, -0.2) is 8.76 Å². The minimum Gasteiger partial charge on any atom is -0.378 e. The van der Waals surface area contributed by atoms with Crippen LogP contribution in [0.3, 0.4) is 0 Å². The van der Waals surface area contributed by atoms with Crippen LogP contribution in [0.1, 0.15) is 5.56 Å². The van der Waals surface area contributed by atoms with Gasteiger partial charge >= 0.3 is 11.4 Å². The van der Waals surface area contributed by atoms with Crippen LogP contribution in [0.15, 0.2) is 70.9 Å². The zero-order valence-electron chi connectivity index (χ0n) is 12.3. The highest BCUT2D eigenvalue weighted by molar-refractivity contribution is 7.74. The molecular formula is C17H14N2O3S. The molecule has 0 saturated heterocycles. The minimum atomic E-state index is -2.42. The van der Waals surface area contributed by atoms with E-state index in [1.54, 1.807) is 6.07 Å². The molecule has 0 saturated carbocycles. The van der Waals surface area contributed by atoms with Crippen molar-refractivity contribution in [1.82, 2.24) is 0 Å². The van der Waals surface area contributed by atoms with Crippen LogP contribution in [0.25, 0.3) is 10.8 Å². The molecule has 23 heavy (non-hydrogen) atoms. The van der Waals surface area contributed by atoms with E-state index in [0.29, 0.717) is 5.69 Å². The standard InChI is InChI=1S/C17H14N2O3S/c1-12-6-2-5-9-15(12)18-19-17-14-8-4-3-7-13(14)10-11-16(17)22-23(20)21/h2-11H,1H3,(H,20,21).